The lowest BCUT2D eigenvalue weighted by Gasteiger charge is -2.18. The lowest BCUT2D eigenvalue weighted by atomic mass is 9.84. The number of hydrogen-bond donors (Lipinski definition) is 0. The summed E-state index contributed by atoms with van der Waals surface area (Å²) in [5, 5.41) is 19.6. The maximum atomic E-state index is 6.42. The van der Waals surface area contributed by atoms with Gasteiger partial charge in [-0.1, -0.05) is 243 Å². The Morgan fingerprint density at radius 3 is 1.06 bits per heavy atom. The molecule has 0 atom stereocenters. The fraction of sp³-hybridized carbons (Fsp3) is 0. The first-order chi connectivity index (χ1) is 38.2. The Morgan fingerprint density at radius 2 is 0.532 bits per heavy atom. The van der Waals surface area contributed by atoms with Gasteiger partial charge in [-0.3, -0.25) is 0 Å². The van der Waals surface area contributed by atoms with Crippen molar-refractivity contribution in [3.05, 3.63) is 279 Å². The van der Waals surface area contributed by atoms with E-state index in [0.29, 0.717) is 0 Å². The minimum absolute atomic E-state index is 0.904. The second-order valence-electron chi connectivity index (χ2n) is 20.6. The monoisotopic (exact) mass is 974 g/mol. The Bertz CT molecular complexity index is 4970. The molecule has 77 heavy (non-hydrogen) atoms. The van der Waals surface area contributed by atoms with Gasteiger partial charge in [0.05, 0.1) is 0 Å². The van der Waals surface area contributed by atoms with E-state index in [1.807, 2.05) is 6.07 Å². The van der Waals surface area contributed by atoms with Crippen molar-refractivity contribution in [2.24, 2.45) is 0 Å². The molecule has 356 valence electrons. The molecule has 16 rings (SSSR count). The topological polar surface area (TPSA) is 13.1 Å². The van der Waals surface area contributed by atoms with Gasteiger partial charge in [0.1, 0.15) is 11.2 Å². The number of rotatable bonds is 6. The number of hydrogen-bond acceptors (Lipinski definition) is 1. The molecule has 0 aliphatic carbocycles. The molecule has 0 N–H and O–H groups in total. The van der Waals surface area contributed by atoms with Crippen molar-refractivity contribution in [3.63, 3.8) is 0 Å². The predicted molar refractivity (Wildman–Crippen MR) is 329 cm³/mol. The van der Waals surface area contributed by atoms with Crippen LogP contribution in [0.25, 0.3) is 164 Å². The summed E-state index contributed by atoms with van der Waals surface area (Å²) in [6.07, 6.45) is 0. The summed E-state index contributed by atoms with van der Waals surface area (Å²) >= 11 is 0. The largest absolute Gasteiger partial charge is 0.456 e. The van der Waals surface area contributed by atoms with E-state index in [4.69, 9.17) is 4.42 Å². The highest BCUT2D eigenvalue weighted by Crippen LogP contribution is 2.49. The van der Waals surface area contributed by atoms with Gasteiger partial charge in [0, 0.05) is 10.8 Å². The molecule has 0 fully saturated rings. The van der Waals surface area contributed by atoms with E-state index in [9.17, 15) is 0 Å². The van der Waals surface area contributed by atoms with Crippen LogP contribution in [0.4, 0.5) is 0 Å². The summed E-state index contributed by atoms with van der Waals surface area (Å²) in [6, 6.07) is 103. The van der Waals surface area contributed by atoms with Crippen molar-refractivity contribution in [1.29, 1.82) is 0 Å². The molecule has 15 aromatic carbocycles. The molecule has 0 amide bonds. The van der Waals surface area contributed by atoms with Crippen LogP contribution in [0.5, 0.6) is 0 Å². The Labute approximate surface area is 445 Å². The van der Waals surface area contributed by atoms with Gasteiger partial charge in [0.15, 0.2) is 0 Å². The molecule has 0 aliphatic heterocycles. The zero-order valence-electron chi connectivity index (χ0n) is 42.0. The Hall–Kier alpha value is -10.1. The third kappa shape index (κ3) is 6.88. The van der Waals surface area contributed by atoms with E-state index >= 15 is 0 Å². The first-order valence-electron chi connectivity index (χ1n) is 26.6. The van der Waals surface area contributed by atoms with Crippen LogP contribution in [0, 0.1) is 0 Å². The number of furan rings is 1. The average molecular weight is 975 g/mol. The van der Waals surface area contributed by atoms with Crippen LogP contribution >= 0.6 is 0 Å². The van der Waals surface area contributed by atoms with Crippen LogP contribution in [-0.4, -0.2) is 0 Å². The van der Waals surface area contributed by atoms with Crippen molar-refractivity contribution >= 4 is 97.3 Å². The van der Waals surface area contributed by atoms with Gasteiger partial charge >= 0.3 is 0 Å². The highest BCUT2D eigenvalue weighted by Gasteiger charge is 2.22. The highest BCUT2D eigenvalue weighted by molar-refractivity contribution is 6.26. The van der Waals surface area contributed by atoms with Crippen molar-refractivity contribution in [3.8, 4) is 66.8 Å². The molecule has 0 spiro atoms. The lowest BCUT2D eigenvalue weighted by Crippen LogP contribution is -1.91. The van der Waals surface area contributed by atoms with E-state index in [1.54, 1.807) is 0 Å². The molecule has 0 saturated heterocycles. The summed E-state index contributed by atoms with van der Waals surface area (Å²) in [5.41, 5.74) is 16.5. The van der Waals surface area contributed by atoms with Crippen molar-refractivity contribution < 1.29 is 4.42 Å². The van der Waals surface area contributed by atoms with Gasteiger partial charge in [0.2, 0.25) is 0 Å². The predicted octanol–water partition coefficient (Wildman–Crippen LogP) is 21.7. The molecule has 0 saturated carbocycles. The van der Waals surface area contributed by atoms with Gasteiger partial charge in [-0.05, 0) is 179 Å². The van der Waals surface area contributed by atoms with Crippen molar-refractivity contribution in [2.75, 3.05) is 0 Å². The van der Waals surface area contributed by atoms with Crippen LogP contribution in [0.2, 0.25) is 0 Å². The van der Waals surface area contributed by atoms with E-state index in [0.717, 1.165) is 21.9 Å². The molecule has 1 nitrogen and oxygen atoms in total. The zero-order valence-corrected chi connectivity index (χ0v) is 42.0. The molecule has 0 bridgehead atoms. The van der Waals surface area contributed by atoms with Gasteiger partial charge in [0.25, 0.3) is 0 Å². The average Bonchev–Trinajstić information content (AvgIpc) is 4.03. The molecule has 0 radical (unpaired) electrons. The second-order valence-corrected chi connectivity index (χ2v) is 20.6. The fourth-order valence-electron chi connectivity index (χ4n) is 12.9. The summed E-state index contributed by atoms with van der Waals surface area (Å²) in [4.78, 5) is 0. The first-order valence-corrected chi connectivity index (χ1v) is 26.6. The third-order valence-electron chi connectivity index (χ3n) is 16.4. The fourth-order valence-corrected chi connectivity index (χ4v) is 12.9. The van der Waals surface area contributed by atoms with Crippen LogP contribution < -0.4 is 0 Å². The van der Waals surface area contributed by atoms with E-state index in [1.165, 1.54) is 142 Å². The molecule has 1 aromatic heterocycles. The summed E-state index contributed by atoms with van der Waals surface area (Å²) in [7, 11) is 0. The van der Waals surface area contributed by atoms with E-state index in [2.05, 4.69) is 273 Å². The molecular weight excluding hydrogens is 929 g/mol. The number of benzene rings is 15. The van der Waals surface area contributed by atoms with Gasteiger partial charge in [-0.15, -0.1) is 0 Å². The number of fused-ring (bicyclic) bond motifs is 10. The second kappa shape index (κ2) is 17.2. The summed E-state index contributed by atoms with van der Waals surface area (Å²) < 4.78 is 6.42. The minimum atomic E-state index is 0.904. The van der Waals surface area contributed by atoms with Crippen LogP contribution in [0.1, 0.15) is 0 Å². The molecule has 1 heterocycles. The minimum Gasteiger partial charge on any atom is -0.456 e. The smallest absolute Gasteiger partial charge is 0.136 e. The summed E-state index contributed by atoms with van der Waals surface area (Å²) in [5.74, 6) is 0. The normalized spacial score (nSPS) is 11.9. The lowest BCUT2D eigenvalue weighted by molar-refractivity contribution is 0.669. The Balaban J connectivity index is 0.799. The molecule has 16 aromatic rings. The quantitative estimate of drug-likeness (QED) is 0.151. The maximum Gasteiger partial charge on any atom is 0.136 e. The maximum absolute atomic E-state index is 6.42. The zero-order chi connectivity index (χ0) is 50.6. The molecule has 1 heteroatoms. The first kappa shape index (κ1) is 43.3. The van der Waals surface area contributed by atoms with Gasteiger partial charge in [-0.2, -0.15) is 0 Å². The van der Waals surface area contributed by atoms with E-state index in [-0.39, 0.29) is 0 Å². The molecular formula is C76H46O. The van der Waals surface area contributed by atoms with Crippen LogP contribution in [0.15, 0.2) is 283 Å². The van der Waals surface area contributed by atoms with Gasteiger partial charge < -0.3 is 4.42 Å². The molecule has 0 aliphatic rings. The SMILES string of the molecule is c1ccc2c(-c3ccc(-c4c5ccccc5c(-c5ccc6ccc(-c7ccc8ccc(-c9c%10ccccc%10c(-c%10cccc%11oc%12ccccc%12c%10%11)c%10ccccc9%10)cc8c7)cc6c5)c5ccccc45)cc3)cccc2c1. The van der Waals surface area contributed by atoms with Gasteiger partial charge in [-0.25, -0.2) is 0 Å². The van der Waals surface area contributed by atoms with Crippen molar-refractivity contribution in [2.45, 2.75) is 0 Å². The Kier molecular flexibility index (Phi) is 9.71. The highest BCUT2D eigenvalue weighted by atomic mass is 16.3. The van der Waals surface area contributed by atoms with E-state index < -0.39 is 0 Å². The standard InChI is InChI=1S/C76H46O/c1-2-17-58-49(15-1)16-13-27-59(58)50-35-37-51(38-36-50)72-60-18-3-5-20-62(60)73(63-21-6-4-19-61(63)72)54-41-33-47-31-39-52(43-56(47)45-54)53-40-32-48-34-42-55(46-57(48)44-53)74-64-22-7-9-24-66(64)75(67-25-10-8-23-65(67)74)69-28-14-30-71-76(69)68-26-11-12-29-70(68)77-71/h1-46H. The summed E-state index contributed by atoms with van der Waals surface area (Å²) in [6.45, 7) is 0. The van der Waals surface area contributed by atoms with Crippen molar-refractivity contribution in [1.82, 2.24) is 0 Å². The Morgan fingerprint density at radius 1 is 0.182 bits per heavy atom. The number of para-hydroxylation sites is 1. The molecule has 0 unspecified atom stereocenters. The third-order valence-corrected chi connectivity index (χ3v) is 16.4. The van der Waals surface area contributed by atoms with Crippen LogP contribution in [0.3, 0.4) is 0 Å². The van der Waals surface area contributed by atoms with Crippen LogP contribution in [-0.2, 0) is 0 Å².